The van der Waals surface area contributed by atoms with E-state index in [0.29, 0.717) is 31.2 Å². The van der Waals surface area contributed by atoms with Crippen LogP contribution in [0.3, 0.4) is 0 Å². The summed E-state index contributed by atoms with van der Waals surface area (Å²) >= 11 is 4.54. The molecule has 0 aliphatic carbocycles. The molecule has 436 valence electrons. The van der Waals surface area contributed by atoms with Gasteiger partial charge in [-0.05, 0) is 127 Å². The van der Waals surface area contributed by atoms with Crippen LogP contribution in [0.2, 0.25) is 0 Å². The van der Waals surface area contributed by atoms with Gasteiger partial charge in [-0.2, -0.15) is 0 Å². The molecule has 0 aromatic carbocycles. The van der Waals surface area contributed by atoms with Gasteiger partial charge in [0.2, 0.25) is 0 Å². The Balaban J connectivity index is -0.000000416. The van der Waals surface area contributed by atoms with E-state index in [9.17, 15) is 14.4 Å². The summed E-state index contributed by atoms with van der Waals surface area (Å²) in [6.45, 7) is 36.5. The summed E-state index contributed by atoms with van der Waals surface area (Å²) in [5, 5.41) is 0. The van der Waals surface area contributed by atoms with Crippen LogP contribution in [0.1, 0.15) is 314 Å². The SMILES string of the molecule is C=CC(=O)CCN.C=CC(CC)CCCCCCCCCC.CC.CC.CC(C)=S.CCCCCCCCC(CCCCCCCC)OC(=O)CCCCCCCOC[C@@H]1CC(C)CN1CCCCCC(C)=O. The van der Waals surface area contributed by atoms with Crippen LogP contribution in [-0.2, 0) is 23.9 Å². The molecule has 1 fully saturated rings. The number of hydrogen-bond acceptors (Lipinski definition) is 8. The predicted octanol–water partition coefficient (Wildman–Crippen LogP) is 19.9. The lowest BCUT2D eigenvalue weighted by molar-refractivity contribution is -0.150. The first-order chi connectivity index (χ1) is 35.3. The Labute approximate surface area is 463 Å². The lowest BCUT2D eigenvalue weighted by Crippen LogP contribution is -2.34. The molecule has 0 spiro atoms. The van der Waals surface area contributed by atoms with Crippen LogP contribution in [0.4, 0.5) is 0 Å². The van der Waals surface area contributed by atoms with Gasteiger partial charge in [0.25, 0.3) is 0 Å². The van der Waals surface area contributed by atoms with Crippen LogP contribution in [0.25, 0.3) is 0 Å². The van der Waals surface area contributed by atoms with Crippen molar-refractivity contribution in [2.45, 2.75) is 326 Å². The van der Waals surface area contributed by atoms with E-state index < -0.39 is 0 Å². The van der Waals surface area contributed by atoms with Gasteiger partial charge in [0.1, 0.15) is 11.9 Å². The van der Waals surface area contributed by atoms with Crippen molar-refractivity contribution in [2.75, 3.05) is 32.8 Å². The Morgan fingerprint density at radius 3 is 1.47 bits per heavy atom. The number of ether oxygens (including phenoxy) is 2. The van der Waals surface area contributed by atoms with Crippen molar-refractivity contribution in [2.24, 2.45) is 17.6 Å². The van der Waals surface area contributed by atoms with Crippen LogP contribution in [0.15, 0.2) is 25.3 Å². The van der Waals surface area contributed by atoms with E-state index in [1.165, 1.54) is 180 Å². The minimum Gasteiger partial charge on any atom is -0.462 e. The maximum absolute atomic E-state index is 12.6. The molecule has 1 saturated heterocycles. The molecule has 2 N–H and O–H groups in total. The highest BCUT2D eigenvalue weighted by Crippen LogP contribution is 2.24. The maximum atomic E-state index is 12.6. The number of carbonyl (C=O) groups is 3. The number of esters is 1. The molecule has 0 bridgehead atoms. The average molecular weight is 1050 g/mol. The number of likely N-dealkylation sites (tertiary alicyclic amines) is 1. The molecule has 1 heterocycles. The quantitative estimate of drug-likeness (QED) is 0.0212. The number of carbonyl (C=O) groups excluding carboxylic acids is 3. The number of allylic oxidation sites excluding steroid dienone is 2. The van der Waals surface area contributed by atoms with E-state index in [4.69, 9.17) is 15.2 Å². The summed E-state index contributed by atoms with van der Waals surface area (Å²) in [4.78, 5) is 37.6. The van der Waals surface area contributed by atoms with Crippen LogP contribution >= 0.6 is 12.2 Å². The highest BCUT2D eigenvalue weighted by Gasteiger charge is 2.29. The van der Waals surface area contributed by atoms with E-state index in [2.05, 4.69) is 71.0 Å². The van der Waals surface area contributed by atoms with E-state index >= 15 is 0 Å². The van der Waals surface area contributed by atoms with Gasteiger partial charge in [-0.15, -0.1) is 6.58 Å². The minimum absolute atomic E-state index is 0.0162. The lowest BCUT2D eigenvalue weighted by Gasteiger charge is -2.24. The molecule has 1 aliphatic heterocycles. The number of rotatable bonds is 45. The normalized spacial score (nSPS) is 14.1. The topological polar surface area (TPSA) is 98.9 Å². The number of nitrogens with two attached hydrogens (primary N) is 1. The number of ketones is 2. The fraction of sp³-hybridized carbons (Fsp3) is 0.877. The molecule has 7 nitrogen and oxygen atoms in total. The van der Waals surface area contributed by atoms with Gasteiger partial charge in [-0.25, -0.2) is 0 Å². The van der Waals surface area contributed by atoms with Crippen molar-refractivity contribution in [3.63, 3.8) is 0 Å². The molecule has 2 unspecified atom stereocenters. The summed E-state index contributed by atoms with van der Waals surface area (Å²) in [5.74, 6) is 1.87. The van der Waals surface area contributed by atoms with Crippen molar-refractivity contribution in [3.05, 3.63) is 25.3 Å². The van der Waals surface area contributed by atoms with E-state index in [1.807, 2.05) is 41.5 Å². The first-order valence-corrected chi connectivity index (χ1v) is 31.7. The molecule has 0 radical (unpaired) electrons. The van der Waals surface area contributed by atoms with Crippen molar-refractivity contribution >= 4 is 34.6 Å². The van der Waals surface area contributed by atoms with Crippen molar-refractivity contribution < 1.29 is 23.9 Å². The molecule has 0 aromatic rings. The summed E-state index contributed by atoms with van der Waals surface area (Å²) < 4.78 is 12.1. The number of thiocarbonyl (C=S) groups is 1. The molecule has 8 heteroatoms. The summed E-state index contributed by atoms with van der Waals surface area (Å²) in [6.07, 6.45) is 47.0. The number of nitrogens with zero attached hydrogens (tertiary/aromatic N) is 1. The highest BCUT2D eigenvalue weighted by atomic mass is 32.1. The number of Topliss-reactive ketones (excluding diaryl/α,β-unsaturated/α-hetero) is 1. The average Bonchev–Trinajstić information content (AvgIpc) is 3.74. The van der Waals surface area contributed by atoms with Gasteiger partial charge in [-0.1, -0.05) is 228 Å². The number of unbranched alkanes of at least 4 members (excludes halogenated alkanes) is 23. The van der Waals surface area contributed by atoms with Crippen molar-refractivity contribution in [1.29, 1.82) is 0 Å². The third-order valence-corrected chi connectivity index (χ3v) is 13.2. The number of hydrogen-bond donors (Lipinski definition) is 1. The standard InChI is InChI=1S/C38H73NO4.C15H30.C5H9NO.C3H6S.2C2H6/c1-5-7-9-11-14-20-26-37(27-21-15-12-10-8-6-2)43-38(41)28-22-16-13-17-24-30-42-33-36-31-34(3)32-39(36)29-23-18-19-25-35(4)40;1-4-7-8-9-10-11-12-13-14-15(5-2)6-3;1-2-5(7)3-4-6;1-3(2)4;2*1-2/h34,36-37H,5-33H2,1-4H3;5,15H,2,4,6-14H2,1,3H3;2H,1,3-4,6H2;1-2H3;2*1-2H3/t34?,36-;;;;;/m0...../s1. The highest BCUT2D eigenvalue weighted by molar-refractivity contribution is 7.80. The largest absolute Gasteiger partial charge is 0.462 e. The minimum atomic E-state index is 0.0162. The lowest BCUT2D eigenvalue weighted by atomic mass is 9.98. The van der Waals surface area contributed by atoms with Crippen LogP contribution in [-0.4, -0.2) is 72.3 Å². The van der Waals surface area contributed by atoms with Gasteiger partial charge >= 0.3 is 5.97 Å². The molecular weight excluding hydrogens is 921 g/mol. The zero-order valence-corrected chi connectivity index (χ0v) is 52.2. The molecule has 73 heavy (non-hydrogen) atoms. The van der Waals surface area contributed by atoms with Crippen LogP contribution in [0, 0.1) is 11.8 Å². The van der Waals surface area contributed by atoms with E-state index in [-0.39, 0.29) is 17.9 Å². The summed E-state index contributed by atoms with van der Waals surface area (Å²) in [5.41, 5.74) is 5.04. The fourth-order valence-corrected chi connectivity index (χ4v) is 8.86. The van der Waals surface area contributed by atoms with Crippen molar-refractivity contribution in [1.82, 2.24) is 4.90 Å². The predicted molar refractivity (Wildman–Crippen MR) is 329 cm³/mol. The third-order valence-electron chi connectivity index (χ3n) is 13.2. The third kappa shape index (κ3) is 68.2. The van der Waals surface area contributed by atoms with Gasteiger partial charge in [0.15, 0.2) is 5.78 Å². The van der Waals surface area contributed by atoms with Crippen molar-refractivity contribution in [3.8, 4) is 0 Å². The zero-order chi connectivity index (χ0) is 56.0. The van der Waals surface area contributed by atoms with E-state index in [0.717, 1.165) is 87.8 Å². The maximum Gasteiger partial charge on any atom is 0.306 e. The Morgan fingerprint density at radius 2 is 1.04 bits per heavy atom. The molecular formula is C65H130N2O5S. The fourth-order valence-electron chi connectivity index (χ4n) is 8.86. The molecule has 0 amide bonds. The van der Waals surface area contributed by atoms with Crippen LogP contribution < -0.4 is 5.73 Å². The molecule has 3 atom stereocenters. The first-order valence-electron chi connectivity index (χ1n) is 31.3. The zero-order valence-electron chi connectivity index (χ0n) is 51.3. The monoisotopic (exact) mass is 1050 g/mol. The second-order valence-corrected chi connectivity index (χ2v) is 21.4. The Bertz CT molecular complexity index is 1140. The molecule has 0 aromatic heterocycles. The Kier molecular flexibility index (Phi) is 74.9. The van der Waals surface area contributed by atoms with Gasteiger partial charge in [0.05, 0.1) is 6.61 Å². The first kappa shape index (κ1) is 80.1. The second kappa shape index (κ2) is 68.3. The van der Waals surface area contributed by atoms with E-state index in [1.54, 1.807) is 6.92 Å². The Morgan fingerprint density at radius 1 is 0.616 bits per heavy atom. The molecule has 1 rings (SSSR count). The van der Waals surface area contributed by atoms with Gasteiger partial charge < -0.3 is 20.0 Å². The molecule has 0 saturated carbocycles. The van der Waals surface area contributed by atoms with Gasteiger partial charge in [-0.3, -0.25) is 14.5 Å². The second-order valence-electron chi connectivity index (χ2n) is 20.6. The molecule has 1 aliphatic rings. The van der Waals surface area contributed by atoms with Crippen LogP contribution in [0.5, 0.6) is 0 Å². The summed E-state index contributed by atoms with van der Waals surface area (Å²) in [6, 6.07) is 0.555. The Hall–Kier alpha value is -1.74. The summed E-state index contributed by atoms with van der Waals surface area (Å²) in [7, 11) is 0. The smallest absolute Gasteiger partial charge is 0.306 e. The van der Waals surface area contributed by atoms with Gasteiger partial charge in [0, 0.05) is 38.5 Å².